The highest BCUT2D eigenvalue weighted by atomic mass is 35.5. The summed E-state index contributed by atoms with van der Waals surface area (Å²) in [5.74, 6) is 0.983. The zero-order valence-electron chi connectivity index (χ0n) is 15.4. The highest BCUT2D eigenvalue weighted by Crippen LogP contribution is 2.19. The monoisotopic (exact) mass is 361 g/mol. The van der Waals surface area contributed by atoms with Crippen molar-refractivity contribution in [2.45, 2.75) is 58.6 Å². The van der Waals surface area contributed by atoms with Gasteiger partial charge in [0.25, 0.3) is 0 Å². The third kappa shape index (κ3) is 8.94. The first kappa shape index (κ1) is 21.5. The number of benzene rings is 2. The molecule has 0 bridgehead atoms. The minimum absolute atomic E-state index is 0. The lowest BCUT2D eigenvalue weighted by molar-refractivity contribution is 0.302. The number of para-hydroxylation sites is 1. The summed E-state index contributed by atoms with van der Waals surface area (Å²) in [5.41, 5.74) is 2.44. The van der Waals surface area contributed by atoms with Crippen LogP contribution in [0.1, 0.15) is 56.6 Å². The lowest BCUT2D eigenvalue weighted by Gasteiger charge is -2.12. The summed E-state index contributed by atoms with van der Waals surface area (Å²) in [5, 5.41) is 3.55. The lowest BCUT2D eigenvalue weighted by Crippen LogP contribution is -2.15. The molecule has 0 atom stereocenters. The topological polar surface area (TPSA) is 21.3 Å². The van der Waals surface area contributed by atoms with Crippen molar-refractivity contribution < 1.29 is 4.74 Å². The fourth-order valence-electron chi connectivity index (χ4n) is 2.78. The van der Waals surface area contributed by atoms with Crippen molar-refractivity contribution in [3.05, 3.63) is 65.7 Å². The van der Waals surface area contributed by atoms with Crippen LogP contribution < -0.4 is 10.1 Å². The number of hydrogen-bond donors (Lipinski definition) is 1. The molecule has 0 heterocycles. The summed E-state index contributed by atoms with van der Waals surface area (Å²) in [7, 11) is 0. The Hall–Kier alpha value is -1.51. The Morgan fingerprint density at radius 3 is 2.28 bits per heavy atom. The largest absolute Gasteiger partial charge is 0.489 e. The second-order valence-electron chi connectivity index (χ2n) is 6.33. The Labute approximate surface area is 159 Å². The molecule has 0 radical (unpaired) electrons. The van der Waals surface area contributed by atoms with Crippen LogP contribution in [0, 0.1) is 0 Å². The van der Waals surface area contributed by atoms with Crippen LogP contribution in [0.3, 0.4) is 0 Å². The van der Waals surface area contributed by atoms with Crippen LogP contribution in [0.4, 0.5) is 0 Å². The molecule has 3 heteroatoms. The van der Waals surface area contributed by atoms with E-state index in [-0.39, 0.29) is 12.4 Å². The molecule has 0 saturated heterocycles. The average molecular weight is 362 g/mol. The van der Waals surface area contributed by atoms with Gasteiger partial charge in [0.05, 0.1) is 0 Å². The van der Waals surface area contributed by atoms with E-state index >= 15 is 0 Å². The van der Waals surface area contributed by atoms with Gasteiger partial charge < -0.3 is 10.1 Å². The number of nitrogens with one attached hydrogen (secondary N) is 1. The van der Waals surface area contributed by atoms with Crippen molar-refractivity contribution in [3.8, 4) is 5.75 Å². The summed E-state index contributed by atoms with van der Waals surface area (Å²) >= 11 is 0. The molecule has 2 rings (SSSR count). The van der Waals surface area contributed by atoms with Gasteiger partial charge in [0, 0.05) is 12.1 Å². The zero-order valence-corrected chi connectivity index (χ0v) is 16.2. The SMILES string of the molecule is CCCCCCCCNCc1ccccc1OCc1ccccc1.Cl. The molecule has 0 fully saturated rings. The molecule has 0 aliphatic heterocycles. The summed E-state index contributed by atoms with van der Waals surface area (Å²) in [4.78, 5) is 0. The van der Waals surface area contributed by atoms with Gasteiger partial charge in [0.2, 0.25) is 0 Å². The van der Waals surface area contributed by atoms with Gasteiger partial charge in [0.15, 0.2) is 0 Å². The molecule has 2 aromatic carbocycles. The van der Waals surface area contributed by atoms with E-state index in [1.807, 2.05) is 24.3 Å². The maximum Gasteiger partial charge on any atom is 0.124 e. The van der Waals surface area contributed by atoms with Gasteiger partial charge >= 0.3 is 0 Å². The molecule has 0 spiro atoms. The first-order valence-corrected chi connectivity index (χ1v) is 9.35. The predicted molar refractivity (Wildman–Crippen MR) is 110 cm³/mol. The minimum atomic E-state index is 0. The van der Waals surface area contributed by atoms with E-state index in [9.17, 15) is 0 Å². The van der Waals surface area contributed by atoms with Gasteiger partial charge in [0.1, 0.15) is 12.4 Å². The van der Waals surface area contributed by atoms with Crippen molar-refractivity contribution in [2.75, 3.05) is 6.54 Å². The van der Waals surface area contributed by atoms with Crippen molar-refractivity contribution in [1.29, 1.82) is 0 Å². The third-order valence-corrected chi connectivity index (χ3v) is 4.23. The fraction of sp³-hybridized carbons (Fsp3) is 0.455. The van der Waals surface area contributed by atoms with Crippen LogP contribution in [0.25, 0.3) is 0 Å². The van der Waals surface area contributed by atoms with E-state index in [0.29, 0.717) is 6.61 Å². The Bertz CT molecular complexity index is 559. The van der Waals surface area contributed by atoms with Crippen LogP contribution in [0.15, 0.2) is 54.6 Å². The molecule has 0 aliphatic carbocycles. The third-order valence-electron chi connectivity index (χ3n) is 4.23. The molecule has 25 heavy (non-hydrogen) atoms. The molecule has 0 aliphatic rings. The van der Waals surface area contributed by atoms with E-state index in [1.165, 1.54) is 49.7 Å². The van der Waals surface area contributed by atoms with Gasteiger partial charge in [-0.2, -0.15) is 0 Å². The second-order valence-corrected chi connectivity index (χ2v) is 6.33. The fourth-order valence-corrected chi connectivity index (χ4v) is 2.78. The molecule has 0 aromatic heterocycles. The van der Waals surface area contributed by atoms with E-state index < -0.39 is 0 Å². The van der Waals surface area contributed by atoms with Crippen LogP contribution in [-0.2, 0) is 13.2 Å². The van der Waals surface area contributed by atoms with Crippen LogP contribution in [0.5, 0.6) is 5.75 Å². The molecule has 2 aromatic rings. The van der Waals surface area contributed by atoms with E-state index in [4.69, 9.17) is 4.74 Å². The highest BCUT2D eigenvalue weighted by Gasteiger charge is 2.03. The van der Waals surface area contributed by atoms with Crippen molar-refractivity contribution in [2.24, 2.45) is 0 Å². The minimum Gasteiger partial charge on any atom is -0.489 e. The molecule has 0 saturated carbocycles. The maximum absolute atomic E-state index is 6.01. The van der Waals surface area contributed by atoms with Gasteiger partial charge in [-0.05, 0) is 24.6 Å². The van der Waals surface area contributed by atoms with Gasteiger partial charge in [-0.25, -0.2) is 0 Å². The summed E-state index contributed by atoms with van der Waals surface area (Å²) in [6.45, 7) is 4.84. The molecule has 0 unspecified atom stereocenters. The van der Waals surface area contributed by atoms with Crippen molar-refractivity contribution in [1.82, 2.24) is 5.32 Å². The summed E-state index contributed by atoms with van der Waals surface area (Å²) in [6.07, 6.45) is 8.03. The molecular weight excluding hydrogens is 330 g/mol. The molecular formula is C22H32ClNO. The smallest absolute Gasteiger partial charge is 0.124 e. The number of hydrogen-bond acceptors (Lipinski definition) is 2. The molecule has 0 amide bonds. The molecule has 1 N–H and O–H groups in total. The quantitative estimate of drug-likeness (QED) is 0.458. The number of unbranched alkanes of at least 4 members (excludes halogenated alkanes) is 5. The standard InChI is InChI=1S/C22H31NO.ClH/c1-2-3-4-5-6-12-17-23-18-21-15-10-11-16-22(21)24-19-20-13-8-7-9-14-20;/h7-11,13-16,23H,2-6,12,17-19H2,1H3;1H. The summed E-state index contributed by atoms with van der Waals surface area (Å²) in [6, 6.07) is 18.6. The average Bonchev–Trinajstić information content (AvgIpc) is 2.64. The van der Waals surface area contributed by atoms with Gasteiger partial charge in [-0.3, -0.25) is 0 Å². The first-order valence-electron chi connectivity index (χ1n) is 9.35. The molecule has 138 valence electrons. The van der Waals surface area contributed by atoms with Crippen molar-refractivity contribution in [3.63, 3.8) is 0 Å². The maximum atomic E-state index is 6.01. The van der Waals surface area contributed by atoms with E-state index in [2.05, 4.69) is 42.6 Å². The predicted octanol–water partition coefficient (Wildman–Crippen LogP) is 6.14. The summed E-state index contributed by atoms with van der Waals surface area (Å²) < 4.78 is 6.01. The van der Waals surface area contributed by atoms with Gasteiger partial charge in [-0.1, -0.05) is 87.6 Å². The van der Waals surface area contributed by atoms with Crippen LogP contribution in [0.2, 0.25) is 0 Å². The Kier molecular flexibility index (Phi) is 11.8. The number of rotatable bonds is 12. The van der Waals surface area contributed by atoms with Crippen LogP contribution >= 0.6 is 12.4 Å². The second kappa shape index (κ2) is 13.7. The van der Waals surface area contributed by atoms with Gasteiger partial charge in [-0.15, -0.1) is 12.4 Å². The van der Waals surface area contributed by atoms with Crippen LogP contribution in [-0.4, -0.2) is 6.54 Å². The number of ether oxygens (including phenoxy) is 1. The lowest BCUT2D eigenvalue weighted by atomic mass is 10.1. The first-order chi connectivity index (χ1) is 11.9. The Morgan fingerprint density at radius 2 is 1.48 bits per heavy atom. The normalized spacial score (nSPS) is 10.3. The Balaban J connectivity index is 0.00000312. The van der Waals surface area contributed by atoms with Crippen molar-refractivity contribution >= 4 is 12.4 Å². The highest BCUT2D eigenvalue weighted by molar-refractivity contribution is 5.85. The van der Waals surface area contributed by atoms with E-state index in [0.717, 1.165) is 18.8 Å². The van der Waals surface area contributed by atoms with E-state index in [1.54, 1.807) is 0 Å². The Morgan fingerprint density at radius 1 is 0.800 bits per heavy atom. The number of halogens is 1. The molecule has 2 nitrogen and oxygen atoms in total. The zero-order chi connectivity index (χ0) is 16.9.